The van der Waals surface area contributed by atoms with Gasteiger partial charge in [-0.1, -0.05) is 30.3 Å². The maximum Gasteiger partial charge on any atom is 0.0320 e. The van der Waals surface area contributed by atoms with Gasteiger partial charge >= 0.3 is 0 Å². The standard InChI is InChI=1S/C14H22N2/c1-12(13-7-4-3-5-8-13)16-10-6-9-14(2,15)11-16/h3-5,7-8,12H,6,9-11,15H2,1-2H3. The summed E-state index contributed by atoms with van der Waals surface area (Å²) in [6.07, 6.45) is 2.36. The van der Waals surface area contributed by atoms with Crippen LogP contribution in [0.1, 0.15) is 38.3 Å². The molecule has 1 aromatic rings. The van der Waals surface area contributed by atoms with Crippen LogP contribution in [0.2, 0.25) is 0 Å². The second-order valence-corrected chi connectivity index (χ2v) is 5.31. The highest BCUT2D eigenvalue weighted by molar-refractivity contribution is 5.18. The van der Waals surface area contributed by atoms with Crippen molar-refractivity contribution in [2.24, 2.45) is 5.73 Å². The van der Waals surface area contributed by atoms with Crippen molar-refractivity contribution in [1.29, 1.82) is 0 Å². The largest absolute Gasteiger partial charge is 0.324 e. The Hall–Kier alpha value is -0.860. The van der Waals surface area contributed by atoms with Crippen LogP contribution in [0.15, 0.2) is 30.3 Å². The second-order valence-electron chi connectivity index (χ2n) is 5.31. The first kappa shape index (κ1) is 11.6. The first-order valence-corrected chi connectivity index (χ1v) is 6.16. The Morgan fingerprint density at radius 2 is 2.00 bits per heavy atom. The van der Waals surface area contributed by atoms with Crippen molar-refractivity contribution in [2.45, 2.75) is 38.3 Å². The molecule has 1 aliphatic rings. The Bertz CT molecular complexity index is 332. The average molecular weight is 218 g/mol. The van der Waals surface area contributed by atoms with Crippen LogP contribution < -0.4 is 5.73 Å². The topological polar surface area (TPSA) is 29.3 Å². The van der Waals surface area contributed by atoms with Crippen molar-refractivity contribution in [3.05, 3.63) is 35.9 Å². The van der Waals surface area contributed by atoms with Gasteiger partial charge in [0, 0.05) is 18.1 Å². The Morgan fingerprint density at radius 3 is 2.62 bits per heavy atom. The fraction of sp³-hybridized carbons (Fsp3) is 0.571. The molecule has 1 fully saturated rings. The summed E-state index contributed by atoms with van der Waals surface area (Å²) in [6, 6.07) is 11.2. The smallest absolute Gasteiger partial charge is 0.0320 e. The van der Waals surface area contributed by atoms with Gasteiger partial charge in [-0.05, 0) is 38.8 Å². The first-order valence-electron chi connectivity index (χ1n) is 6.16. The number of nitrogens with two attached hydrogens (primary N) is 1. The van der Waals surface area contributed by atoms with Gasteiger partial charge in [0.1, 0.15) is 0 Å². The summed E-state index contributed by atoms with van der Waals surface area (Å²) in [5, 5.41) is 0. The Kier molecular flexibility index (Phi) is 3.31. The van der Waals surface area contributed by atoms with E-state index in [1.54, 1.807) is 0 Å². The SMILES string of the molecule is CC(c1ccccc1)N1CCCC(C)(N)C1. The van der Waals surface area contributed by atoms with Crippen LogP contribution in [-0.4, -0.2) is 23.5 Å². The highest BCUT2D eigenvalue weighted by Gasteiger charge is 2.29. The van der Waals surface area contributed by atoms with Crippen molar-refractivity contribution in [2.75, 3.05) is 13.1 Å². The summed E-state index contributed by atoms with van der Waals surface area (Å²) in [7, 11) is 0. The zero-order chi connectivity index (χ0) is 11.6. The van der Waals surface area contributed by atoms with E-state index in [2.05, 4.69) is 49.1 Å². The van der Waals surface area contributed by atoms with Gasteiger partial charge in [0.15, 0.2) is 0 Å². The number of benzene rings is 1. The third-order valence-corrected chi connectivity index (χ3v) is 3.59. The molecule has 0 radical (unpaired) electrons. The molecule has 2 nitrogen and oxygen atoms in total. The maximum absolute atomic E-state index is 6.24. The van der Waals surface area contributed by atoms with Gasteiger partial charge in [0.05, 0.1) is 0 Å². The maximum atomic E-state index is 6.24. The molecule has 2 unspecified atom stereocenters. The van der Waals surface area contributed by atoms with Crippen LogP contribution in [0, 0.1) is 0 Å². The number of hydrogen-bond donors (Lipinski definition) is 1. The molecular weight excluding hydrogens is 196 g/mol. The lowest BCUT2D eigenvalue weighted by Gasteiger charge is -2.41. The first-order chi connectivity index (χ1) is 7.58. The minimum Gasteiger partial charge on any atom is -0.324 e. The lowest BCUT2D eigenvalue weighted by molar-refractivity contribution is 0.120. The molecule has 0 spiro atoms. The highest BCUT2D eigenvalue weighted by atomic mass is 15.2. The fourth-order valence-electron chi connectivity index (χ4n) is 2.58. The average Bonchev–Trinajstić information content (AvgIpc) is 2.28. The fourth-order valence-corrected chi connectivity index (χ4v) is 2.58. The van der Waals surface area contributed by atoms with Gasteiger partial charge in [-0.15, -0.1) is 0 Å². The van der Waals surface area contributed by atoms with Gasteiger partial charge in [-0.25, -0.2) is 0 Å². The molecule has 2 N–H and O–H groups in total. The number of nitrogens with zero attached hydrogens (tertiary/aromatic N) is 1. The highest BCUT2D eigenvalue weighted by Crippen LogP contribution is 2.27. The summed E-state index contributed by atoms with van der Waals surface area (Å²) >= 11 is 0. The number of piperidine rings is 1. The van der Waals surface area contributed by atoms with E-state index < -0.39 is 0 Å². The molecule has 0 amide bonds. The molecule has 0 aliphatic carbocycles. The normalized spacial score (nSPS) is 28.9. The van der Waals surface area contributed by atoms with Gasteiger partial charge in [0.2, 0.25) is 0 Å². The minimum atomic E-state index is -0.0126. The zero-order valence-electron chi connectivity index (χ0n) is 10.3. The van der Waals surface area contributed by atoms with Gasteiger partial charge in [-0.2, -0.15) is 0 Å². The molecule has 1 aromatic carbocycles. The number of rotatable bonds is 2. The van der Waals surface area contributed by atoms with Crippen molar-refractivity contribution in [3.8, 4) is 0 Å². The summed E-state index contributed by atoms with van der Waals surface area (Å²) in [5.74, 6) is 0. The molecule has 0 aromatic heterocycles. The van der Waals surface area contributed by atoms with Crippen LogP contribution in [0.25, 0.3) is 0 Å². The third-order valence-electron chi connectivity index (χ3n) is 3.59. The van der Waals surface area contributed by atoms with Gasteiger partial charge in [0.25, 0.3) is 0 Å². The van der Waals surface area contributed by atoms with Gasteiger partial charge < -0.3 is 5.73 Å². The molecule has 16 heavy (non-hydrogen) atoms. The predicted molar refractivity (Wildman–Crippen MR) is 68.3 cm³/mol. The Balaban J connectivity index is 2.08. The third kappa shape index (κ3) is 2.63. The van der Waals surface area contributed by atoms with E-state index in [0.29, 0.717) is 6.04 Å². The van der Waals surface area contributed by atoms with Crippen LogP contribution in [0.5, 0.6) is 0 Å². The van der Waals surface area contributed by atoms with E-state index >= 15 is 0 Å². The van der Waals surface area contributed by atoms with E-state index in [1.807, 2.05) is 0 Å². The molecule has 1 heterocycles. The molecule has 2 rings (SSSR count). The van der Waals surface area contributed by atoms with Crippen LogP contribution in [0.3, 0.4) is 0 Å². The number of hydrogen-bond acceptors (Lipinski definition) is 2. The molecule has 2 atom stereocenters. The van der Waals surface area contributed by atoms with Crippen molar-refractivity contribution in [1.82, 2.24) is 4.90 Å². The van der Waals surface area contributed by atoms with Crippen molar-refractivity contribution in [3.63, 3.8) is 0 Å². The van der Waals surface area contributed by atoms with E-state index in [0.717, 1.165) is 13.0 Å². The second kappa shape index (κ2) is 4.56. The summed E-state index contributed by atoms with van der Waals surface area (Å²) < 4.78 is 0. The van der Waals surface area contributed by atoms with Crippen LogP contribution >= 0.6 is 0 Å². The van der Waals surface area contributed by atoms with E-state index in [9.17, 15) is 0 Å². The van der Waals surface area contributed by atoms with Crippen LogP contribution in [0.4, 0.5) is 0 Å². The molecule has 88 valence electrons. The monoisotopic (exact) mass is 218 g/mol. The van der Waals surface area contributed by atoms with E-state index in [1.165, 1.54) is 18.5 Å². The molecule has 1 aliphatic heterocycles. The lowest BCUT2D eigenvalue weighted by atomic mass is 9.90. The quantitative estimate of drug-likeness (QED) is 0.826. The predicted octanol–water partition coefficient (Wildman–Crippen LogP) is 2.56. The molecule has 0 bridgehead atoms. The summed E-state index contributed by atoms with van der Waals surface area (Å²) in [6.45, 7) is 6.61. The van der Waals surface area contributed by atoms with Crippen molar-refractivity contribution < 1.29 is 0 Å². The summed E-state index contributed by atoms with van der Waals surface area (Å²) in [4.78, 5) is 2.50. The Labute approximate surface area is 98.4 Å². The summed E-state index contributed by atoms with van der Waals surface area (Å²) in [5.41, 5.74) is 7.62. The van der Waals surface area contributed by atoms with Crippen molar-refractivity contribution >= 4 is 0 Å². The molecular formula is C14H22N2. The minimum absolute atomic E-state index is 0.0126. The molecule has 2 heteroatoms. The number of likely N-dealkylation sites (tertiary alicyclic amines) is 1. The van der Waals surface area contributed by atoms with Gasteiger partial charge in [-0.3, -0.25) is 4.90 Å². The lowest BCUT2D eigenvalue weighted by Crippen LogP contribution is -2.52. The molecule has 1 saturated heterocycles. The zero-order valence-corrected chi connectivity index (χ0v) is 10.3. The molecule has 0 saturated carbocycles. The Morgan fingerprint density at radius 1 is 1.31 bits per heavy atom. The van der Waals surface area contributed by atoms with E-state index in [4.69, 9.17) is 5.73 Å². The van der Waals surface area contributed by atoms with E-state index in [-0.39, 0.29) is 5.54 Å². The van der Waals surface area contributed by atoms with Crippen LogP contribution in [-0.2, 0) is 0 Å².